The molecule has 0 atom stereocenters. The van der Waals surface area contributed by atoms with Crippen LogP contribution in [0.3, 0.4) is 0 Å². The topological polar surface area (TPSA) is 58.6 Å². The smallest absolute Gasteiger partial charge is 0.267 e. The van der Waals surface area contributed by atoms with E-state index in [1.807, 2.05) is 0 Å². The molecule has 0 saturated carbocycles. The third-order valence-corrected chi connectivity index (χ3v) is 2.28. The van der Waals surface area contributed by atoms with Gasteiger partial charge in [-0.1, -0.05) is 15.9 Å². The van der Waals surface area contributed by atoms with Crippen molar-refractivity contribution in [1.29, 1.82) is 0 Å². The zero-order chi connectivity index (χ0) is 9.26. The molecule has 13 heavy (non-hydrogen) atoms. The van der Waals surface area contributed by atoms with Crippen LogP contribution in [0.15, 0.2) is 23.1 Å². The molecule has 0 amide bonds. The second-order valence-electron chi connectivity index (χ2n) is 2.53. The first kappa shape index (κ1) is 8.37. The van der Waals surface area contributed by atoms with Gasteiger partial charge in [-0.2, -0.15) is 5.10 Å². The maximum absolute atomic E-state index is 11.3. The van der Waals surface area contributed by atoms with E-state index >= 15 is 0 Å². The number of rotatable bonds is 1. The summed E-state index contributed by atoms with van der Waals surface area (Å²) in [6.45, 7) is 0. The standard InChI is InChI=1S/C8H6BrN3O/c9-4-6-7-5(2-1-3-10-7)8(13)12-11-6/h1-3H,4H2,(H,12,13). The minimum absolute atomic E-state index is 0.201. The maximum atomic E-state index is 11.3. The Balaban J connectivity index is 2.93. The molecule has 4 nitrogen and oxygen atoms in total. The predicted molar refractivity (Wildman–Crippen MR) is 52.8 cm³/mol. The molecule has 2 aromatic rings. The van der Waals surface area contributed by atoms with Gasteiger partial charge in [0.05, 0.1) is 16.6 Å². The summed E-state index contributed by atoms with van der Waals surface area (Å²) in [5.74, 6) is 0. The Morgan fingerprint density at radius 3 is 3.15 bits per heavy atom. The normalized spacial score (nSPS) is 10.5. The summed E-state index contributed by atoms with van der Waals surface area (Å²) in [7, 11) is 0. The van der Waals surface area contributed by atoms with Crippen LogP contribution in [0.1, 0.15) is 5.69 Å². The Bertz CT molecular complexity index is 494. The molecule has 1 N–H and O–H groups in total. The monoisotopic (exact) mass is 239 g/mol. The molecule has 0 fully saturated rings. The van der Waals surface area contributed by atoms with E-state index in [9.17, 15) is 4.79 Å². The number of fused-ring (bicyclic) bond motifs is 1. The van der Waals surface area contributed by atoms with E-state index in [4.69, 9.17) is 0 Å². The number of hydrogen-bond donors (Lipinski definition) is 1. The zero-order valence-corrected chi connectivity index (χ0v) is 8.21. The van der Waals surface area contributed by atoms with Crippen LogP contribution in [0.4, 0.5) is 0 Å². The number of aromatic nitrogens is 3. The zero-order valence-electron chi connectivity index (χ0n) is 6.62. The molecule has 0 unspecified atom stereocenters. The van der Waals surface area contributed by atoms with E-state index in [0.717, 1.165) is 5.69 Å². The van der Waals surface area contributed by atoms with Gasteiger partial charge in [-0.05, 0) is 12.1 Å². The fourth-order valence-corrected chi connectivity index (χ4v) is 1.53. The second kappa shape index (κ2) is 3.26. The number of aromatic amines is 1. The molecule has 5 heteroatoms. The Hall–Kier alpha value is -1.23. The first-order valence-corrected chi connectivity index (χ1v) is 4.83. The molecule has 0 aliphatic heterocycles. The number of nitrogens with one attached hydrogen (secondary N) is 1. The van der Waals surface area contributed by atoms with Crippen molar-refractivity contribution in [2.75, 3.05) is 0 Å². The highest BCUT2D eigenvalue weighted by atomic mass is 79.9. The Kier molecular flexibility index (Phi) is 2.10. The highest BCUT2D eigenvalue weighted by Gasteiger charge is 2.04. The molecule has 2 aromatic heterocycles. The number of alkyl halides is 1. The minimum Gasteiger partial charge on any atom is -0.267 e. The maximum Gasteiger partial charge on any atom is 0.273 e. The van der Waals surface area contributed by atoms with E-state index in [0.29, 0.717) is 16.2 Å². The molecule has 0 bridgehead atoms. The van der Waals surface area contributed by atoms with Gasteiger partial charge < -0.3 is 0 Å². The Morgan fingerprint density at radius 1 is 1.54 bits per heavy atom. The van der Waals surface area contributed by atoms with E-state index < -0.39 is 0 Å². The van der Waals surface area contributed by atoms with Gasteiger partial charge in [-0.25, -0.2) is 5.10 Å². The fourth-order valence-electron chi connectivity index (χ4n) is 1.14. The van der Waals surface area contributed by atoms with Crippen molar-refractivity contribution in [3.8, 4) is 0 Å². The third kappa shape index (κ3) is 1.35. The quantitative estimate of drug-likeness (QED) is 0.762. The summed E-state index contributed by atoms with van der Waals surface area (Å²) in [6, 6.07) is 3.46. The van der Waals surface area contributed by atoms with Crippen molar-refractivity contribution in [2.45, 2.75) is 5.33 Å². The highest BCUT2D eigenvalue weighted by molar-refractivity contribution is 9.08. The number of hydrogen-bond acceptors (Lipinski definition) is 3. The van der Waals surface area contributed by atoms with Gasteiger partial charge in [0.2, 0.25) is 0 Å². The summed E-state index contributed by atoms with van der Waals surface area (Å²) in [5, 5.41) is 7.45. The average Bonchev–Trinajstić information content (AvgIpc) is 2.19. The lowest BCUT2D eigenvalue weighted by Crippen LogP contribution is -2.10. The van der Waals surface area contributed by atoms with Gasteiger partial charge in [-0.15, -0.1) is 0 Å². The van der Waals surface area contributed by atoms with Crippen molar-refractivity contribution in [1.82, 2.24) is 15.2 Å². The number of nitrogens with zero attached hydrogens (tertiary/aromatic N) is 2. The molecule has 0 saturated heterocycles. The number of halogens is 1. The lowest BCUT2D eigenvalue weighted by atomic mass is 10.2. The van der Waals surface area contributed by atoms with Gasteiger partial charge in [0.15, 0.2) is 0 Å². The van der Waals surface area contributed by atoms with Crippen molar-refractivity contribution in [3.05, 3.63) is 34.4 Å². The summed E-state index contributed by atoms with van der Waals surface area (Å²) in [6.07, 6.45) is 1.65. The van der Waals surface area contributed by atoms with Gasteiger partial charge in [0, 0.05) is 11.5 Å². The molecule has 0 aromatic carbocycles. The second-order valence-corrected chi connectivity index (χ2v) is 3.09. The van der Waals surface area contributed by atoms with Crippen LogP contribution < -0.4 is 5.56 Å². The van der Waals surface area contributed by atoms with Crippen LogP contribution in [0, 0.1) is 0 Å². The van der Waals surface area contributed by atoms with Crippen molar-refractivity contribution < 1.29 is 0 Å². The van der Waals surface area contributed by atoms with Crippen LogP contribution >= 0.6 is 15.9 Å². The van der Waals surface area contributed by atoms with E-state index in [1.165, 1.54) is 0 Å². The Morgan fingerprint density at radius 2 is 2.38 bits per heavy atom. The molecule has 2 heterocycles. The van der Waals surface area contributed by atoms with Gasteiger partial charge in [0.25, 0.3) is 5.56 Å². The molecular weight excluding hydrogens is 234 g/mol. The minimum atomic E-state index is -0.201. The molecule has 2 rings (SSSR count). The lowest BCUT2D eigenvalue weighted by Gasteiger charge is -1.98. The van der Waals surface area contributed by atoms with Crippen LogP contribution in [0.5, 0.6) is 0 Å². The SMILES string of the molecule is O=c1[nH]nc(CBr)c2ncccc12. The summed E-state index contributed by atoms with van der Waals surface area (Å²) < 4.78 is 0. The number of pyridine rings is 1. The average molecular weight is 240 g/mol. The molecule has 66 valence electrons. The van der Waals surface area contributed by atoms with Gasteiger partial charge in [0.1, 0.15) is 0 Å². The van der Waals surface area contributed by atoms with Crippen LogP contribution in [-0.2, 0) is 5.33 Å². The van der Waals surface area contributed by atoms with E-state index in [2.05, 4.69) is 31.1 Å². The summed E-state index contributed by atoms with van der Waals surface area (Å²) >= 11 is 3.28. The van der Waals surface area contributed by atoms with Crippen molar-refractivity contribution in [2.24, 2.45) is 0 Å². The first-order chi connectivity index (χ1) is 6.33. The van der Waals surface area contributed by atoms with Gasteiger partial charge in [-0.3, -0.25) is 9.78 Å². The molecule has 0 aliphatic rings. The van der Waals surface area contributed by atoms with Crippen LogP contribution in [0.25, 0.3) is 10.9 Å². The molecular formula is C8H6BrN3O. The Labute approximate surface area is 82.1 Å². The predicted octanol–water partition coefficient (Wildman–Crippen LogP) is 1.21. The fraction of sp³-hybridized carbons (Fsp3) is 0.125. The molecule has 0 spiro atoms. The van der Waals surface area contributed by atoms with E-state index in [1.54, 1.807) is 18.3 Å². The summed E-state index contributed by atoms with van der Waals surface area (Å²) in [5.41, 5.74) is 1.20. The third-order valence-electron chi connectivity index (χ3n) is 1.74. The largest absolute Gasteiger partial charge is 0.273 e. The van der Waals surface area contributed by atoms with Crippen molar-refractivity contribution >= 4 is 26.8 Å². The van der Waals surface area contributed by atoms with Crippen molar-refractivity contribution in [3.63, 3.8) is 0 Å². The van der Waals surface area contributed by atoms with E-state index in [-0.39, 0.29) is 5.56 Å². The van der Waals surface area contributed by atoms with Gasteiger partial charge >= 0.3 is 0 Å². The first-order valence-electron chi connectivity index (χ1n) is 3.71. The van der Waals surface area contributed by atoms with Crippen LogP contribution in [0.2, 0.25) is 0 Å². The lowest BCUT2D eigenvalue weighted by molar-refractivity contribution is 0.958. The molecule has 0 radical (unpaired) electrons. The summed E-state index contributed by atoms with van der Waals surface area (Å²) in [4.78, 5) is 15.4. The molecule has 0 aliphatic carbocycles. The number of H-pyrrole nitrogens is 1. The highest BCUT2D eigenvalue weighted by Crippen LogP contribution is 2.11. The van der Waals surface area contributed by atoms with Crippen LogP contribution in [-0.4, -0.2) is 15.2 Å².